The maximum absolute atomic E-state index is 14.1. The van der Waals surface area contributed by atoms with Gasteiger partial charge in [0.2, 0.25) is 17.8 Å². The number of likely N-dealkylation sites (N-methyl/N-ethyl adjacent to an activating group) is 1. The highest BCUT2D eigenvalue weighted by atomic mass is 19.2. The predicted octanol–water partition coefficient (Wildman–Crippen LogP) is 3.90. The van der Waals surface area contributed by atoms with Crippen LogP contribution in [0.2, 0.25) is 0 Å². The molecule has 13 heteroatoms. The monoisotopic (exact) mass is 582 g/mol. The van der Waals surface area contributed by atoms with Crippen LogP contribution in [0.25, 0.3) is 5.57 Å². The van der Waals surface area contributed by atoms with Crippen LogP contribution in [-0.4, -0.2) is 71.2 Å². The minimum absolute atomic E-state index is 0.0103. The van der Waals surface area contributed by atoms with Crippen LogP contribution in [0, 0.1) is 11.6 Å². The van der Waals surface area contributed by atoms with Crippen LogP contribution in [0.5, 0.6) is 5.75 Å². The van der Waals surface area contributed by atoms with Gasteiger partial charge in [0.05, 0.1) is 24.1 Å². The van der Waals surface area contributed by atoms with Gasteiger partial charge in [-0.25, -0.2) is 18.7 Å². The summed E-state index contributed by atoms with van der Waals surface area (Å²) in [6.07, 6.45) is 2.47. The van der Waals surface area contributed by atoms with Gasteiger partial charge in [0.1, 0.15) is 12.1 Å². The van der Waals surface area contributed by atoms with E-state index >= 15 is 0 Å². The van der Waals surface area contributed by atoms with Crippen LogP contribution >= 0.6 is 0 Å². The van der Waals surface area contributed by atoms with E-state index < -0.39 is 23.1 Å². The standard InChI is InChI=1S/C29H36F2N8O3/c1-7-29(3,41)19-11-20(30)21(31)12-22(19)35-27-33-15-34-28(37-27)36-23-10-18(16(2)26(32)40)24(13-25(23)42-6)39-9-8-17(39)14-38(4)5/h10-13,15,17,41H,2,7-9,14H2,1,3-6H3,(H2,32,40)(H2,33,34,35,36,37). The molecule has 1 aromatic heterocycles. The number of carbonyl (C=O) groups is 1. The zero-order valence-corrected chi connectivity index (χ0v) is 24.3. The van der Waals surface area contributed by atoms with Gasteiger partial charge in [-0.05, 0) is 46.0 Å². The third-order valence-corrected chi connectivity index (χ3v) is 7.36. The molecular formula is C29H36F2N8O3. The number of carbonyl (C=O) groups excluding carboxylic acids is 1. The van der Waals surface area contributed by atoms with Crippen molar-refractivity contribution in [3.05, 3.63) is 59.9 Å². The van der Waals surface area contributed by atoms with Gasteiger partial charge in [0, 0.05) is 53.7 Å². The summed E-state index contributed by atoms with van der Waals surface area (Å²) in [5.74, 6) is -2.28. The van der Waals surface area contributed by atoms with Gasteiger partial charge in [-0.15, -0.1) is 0 Å². The molecule has 0 bridgehead atoms. The maximum atomic E-state index is 14.1. The van der Waals surface area contributed by atoms with Crippen LogP contribution < -0.4 is 26.0 Å². The average Bonchev–Trinajstić information content (AvgIpc) is 2.93. The second-order valence-corrected chi connectivity index (χ2v) is 10.6. The van der Waals surface area contributed by atoms with Crippen molar-refractivity contribution in [2.24, 2.45) is 5.73 Å². The van der Waals surface area contributed by atoms with Gasteiger partial charge in [-0.1, -0.05) is 13.5 Å². The molecule has 0 saturated carbocycles. The number of aliphatic hydroxyl groups is 1. The van der Waals surface area contributed by atoms with E-state index in [1.54, 1.807) is 13.0 Å². The molecule has 2 aromatic carbocycles. The summed E-state index contributed by atoms with van der Waals surface area (Å²) in [6, 6.07) is 5.65. The number of primary amides is 1. The van der Waals surface area contributed by atoms with E-state index in [1.807, 2.05) is 20.2 Å². The van der Waals surface area contributed by atoms with E-state index in [0.717, 1.165) is 37.3 Å². The van der Waals surface area contributed by atoms with Crippen LogP contribution in [-0.2, 0) is 10.4 Å². The van der Waals surface area contributed by atoms with Crippen LogP contribution in [0.3, 0.4) is 0 Å². The predicted molar refractivity (Wildman–Crippen MR) is 158 cm³/mol. The fraction of sp³-hybridized carbons (Fsp3) is 0.379. The summed E-state index contributed by atoms with van der Waals surface area (Å²) in [4.78, 5) is 29.1. The van der Waals surface area contributed by atoms with E-state index in [-0.39, 0.29) is 41.2 Å². The van der Waals surface area contributed by atoms with Crippen LogP contribution in [0.15, 0.2) is 37.2 Å². The number of ether oxygens (including phenoxy) is 1. The molecule has 1 fully saturated rings. The number of nitrogens with two attached hydrogens (primary N) is 1. The Balaban J connectivity index is 1.69. The summed E-state index contributed by atoms with van der Waals surface area (Å²) in [5, 5.41) is 16.7. The number of nitrogens with one attached hydrogen (secondary N) is 2. The Morgan fingerprint density at radius 3 is 2.38 bits per heavy atom. The normalized spacial score (nSPS) is 16.0. The Hall–Kier alpha value is -4.36. The number of halogens is 2. The van der Waals surface area contributed by atoms with Crippen molar-refractivity contribution in [2.75, 3.05) is 49.8 Å². The number of methoxy groups -OCH3 is 1. The SMILES string of the molecule is C=C(C(N)=O)c1cc(Nc2ncnc(Nc3cc(F)c(F)cc3C(C)(O)CC)n2)c(OC)cc1N1CCC1CN(C)C. The first-order valence-electron chi connectivity index (χ1n) is 13.4. The first kappa shape index (κ1) is 30.6. The van der Waals surface area contributed by atoms with Crippen molar-refractivity contribution in [2.45, 2.75) is 38.3 Å². The van der Waals surface area contributed by atoms with Crippen LogP contribution in [0.1, 0.15) is 37.8 Å². The molecule has 0 spiro atoms. The van der Waals surface area contributed by atoms with Gasteiger partial charge in [-0.3, -0.25) is 4.79 Å². The first-order chi connectivity index (χ1) is 19.8. The third-order valence-electron chi connectivity index (χ3n) is 7.36. The molecule has 5 N–H and O–H groups in total. The molecule has 11 nitrogen and oxygen atoms in total. The van der Waals surface area contributed by atoms with Crippen molar-refractivity contribution in [3.63, 3.8) is 0 Å². The lowest BCUT2D eigenvalue weighted by atomic mass is 9.91. The van der Waals surface area contributed by atoms with Crippen molar-refractivity contribution < 1.29 is 23.4 Å². The summed E-state index contributed by atoms with van der Waals surface area (Å²) >= 11 is 0. The Kier molecular flexibility index (Phi) is 8.92. The van der Waals surface area contributed by atoms with Gasteiger partial charge < -0.3 is 36.0 Å². The molecule has 2 atom stereocenters. The Morgan fingerprint density at radius 1 is 1.19 bits per heavy atom. The highest BCUT2D eigenvalue weighted by molar-refractivity contribution is 6.19. The molecule has 0 radical (unpaired) electrons. The molecular weight excluding hydrogens is 546 g/mol. The number of hydrogen-bond donors (Lipinski definition) is 4. The average molecular weight is 583 g/mol. The lowest BCUT2D eigenvalue weighted by Crippen LogP contribution is -2.53. The third kappa shape index (κ3) is 6.42. The number of nitrogens with zero attached hydrogens (tertiary/aromatic N) is 5. The molecule has 42 heavy (non-hydrogen) atoms. The fourth-order valence-corrected chi connectivity index (χ4v) is 4.76. The lowest BCUT2D eigenvalue weighted by molar-refractivity contribution is -0.112. The molecule has 3 aromatic rings. The molecule has 1 aliphatic heterocycles. The summed E-state index contributed by atoms with van der Waals surface area (Å²) < 4.78 is 33.9. The van der Waals surface area contributed by atoms with Crippen molar-refractivity contribution in [1.29, 1.82) is 0 Å². The Labute approximate surface area is 243 Å². The number of amides is 1. The maximum Gasteiger partial charge on any atom is 0.248 e. The van der Waals surface area contributed by atoms with E-state index in [1.165, 1.54) is 20.4 Å². The molecule has 1 amide bonds. The van der Waals surface area contributed by atoms with E-state index in [4.69, 9.17) is 10.5 Å². The number of benzene rings is 2. The number of hydrogen-bond acceptors (Lipinski definition) is 10. The zero-order chi connectivity index (χ0) is 30.8. The summed E-state index contributed by atoms with van der Waals surface area (Å²) in [5.41, 5.74) is 6.30. The van der Waals surface area contributed by atoms with E-state index in [9.17, 15) is 18.7 Å². The highest BCUT2D eigenvalue weighted by Crippen LogP contribution is 2.41. The van der Waals surface area contributed by atoms with Crippen molar-refractivity contribution >= 4 is 40.4 Å². The second-order valence-electron chi connectivity index (χ2n) is 10.6. The molecule has 2 unspecified atom stereocenters. The van der Waals surface area contributed by atoms with Crippen LogP contribution in [0.4, 0.5) is 37.7 Å². The van der Waals surface area contributed by atoms with Gasteiger partial charge in [0.15, 0.2) is 11.6 Å². The molecule has 0 aliphatic carbocycles. The number of anilines is 5. The Morgan fingerprint density at radius 2 is 1.83 bits per heavy atom. The van der Waals surface area contributed by atoms with E-state index in [2.05, 4.69) is 42.0 Å². The molecule has 1 saturated heterocycles. The smallest absolute Gasteiger partial charge is 0.248 e. The summed E-state index contributed by atoms with van der Waals surface area (Å²) in [6.45, 7) is 8.77. The summed E-state index contributed by atoms with van der Waals surface area (Å²) in [7, 11) is 5.53. The lowest BCUT2D eigenvalue weighted by Gasteiger charge is -2.45. The minimum Gasteiger partial charge on any atom is -0.494 e. The van der Waals surface area contributed by atoms with Gasteiger partial charge in [-0.2, -0.15) is 4.98 Å². The first-order valence-corrected chi connectivity index (χ1v) is 13.4. The van der Waals surface area contributed by atoms with E-state index in [0.29, 0.717) is 17.0 Å². The minimum atomic E-state index is -1.44. The molecule has 2 heterocycles. The zero-order valence-electron chi connectivity index (χ0n) is 24.3. The fourth-order valence-electron chi connectivity index (χ4n) is 4.76. The molecule has 1 aliphatic rings. The van der Waals surface area contributed by atoms with Crippen molar-refractivity contribution in [3.8, 4) is 5.75 Å². The Bertz CT molecular complexity index is 1500. The molecule has 4 rings (SSSR count). The van der Waals surface area contributed by atoms with Gasteiger partial charge >= 0.3 is 0 Å². The topological polar surface area (TPSA) is 142 Å². The highest BCUT2D eigenvalue weighted by Gasteiger charge is 2.32. The quantitative estimate of drug-likeness (QED) is 0.232. The second kappa shape index (κ2) is 12.2. The van der Waals surface area contributed by atoms with Crippen molar-refractivity contribution in [1.82, 2.24) is 19.9 Å². The number of aromatic nitrogens is 3. The van der Waals surface area contributed by atoms with Gasteiger partial charge in [0.25, 0.3) is 0 Å². The largest absolute Gasteiger partial charge is 0.494 e. The molecule has 224 valence electrons. The number of rotatable bonds is 12.